The first-order valence-electron chi connectivity index (χ1n) is 6.82. The molecule has 0 saturated carbocycles. The summed E-state index contributed by atoms with van der Waals surface area (Å²) in [6.07, 6.45) is 1.88. The molecule has 0 radical (unpaired) electrons. The molecule has 1 saturated heterocycles. The SMILES string of the molecule is CCCC1(C(=O)O)CCN(c2ccc(Br)cc2[N+](=O)[O-])C1. The van der Waals surface area contributed by atoms with Gasteiger partial charge >= 0.3 is 5.97 Å². The number of halogens is 1. The van der Waals surface area contributed by atoms with Crippen molar-refractivity contribution in [2.24, 2.45) is 5.41 Å². The lowest BCUT2D eigenvalue weighted by Crippen LogP contribution is -2.34. The van der Waals surface area contributed by atoms with E-state index in [1.165, 1.54) is 6.07 Å². The molecule has 6 nitrogen and oxygen atoms in total. The van der Waals surface area contributed by atoms with E-state index in [0.717, 1.165) is 6.42 Å². The molecule has 114 valence electrons. The molecule has 1 atom stereocenters. The molecular weight excluding hydrogens is 340 g/mol. The van der Waals surface area contributed by atoms with Gasteiger partial charge in [0.05, 0.1) is 10.3 Å². The highest BCUT2D eigenvalue weighted by atomic mass is 79.9. The fourth-order valence-electron chi connectivity index (χ4n) is 2.95. The summed E-state index contributed by atoms with van der Waals surface area (Å²) in [6.45, 7) is 2.79. The number of aliphatic carboxylic acids is 1. The largest absolute Gasteiger partial charge is 0.481 e. The van der Waals surface area contributed by atoms with Crippen LogP contribution in [0.5, 0.6) is 0 Å². The predicted octanol–water partition coefficient (Wildman–Crippen LogP) is 3.44. The van der Waals surface area contributed by atoms with Crippen molar-refractivity contribution in [1.29, 1.82) is 0 Å². The second-order valence-electron chi connectivity index (χ2n) is 5.40. The van der Waals surface area contributed by atoms with Gasteiger partial charge in [-0.1, -0.05) is 29.3 Å². The lowest BCUT2D eigenvalue weighted by atomic mass is 9.83. The summed E-state index contributed by atoms with van der Waals surface area (Å²) < 4.78 is 0.634. The van der Waals surface area contributed by atoms with Crippen LogP contribution >= 0.6 is 15.9 Å². The van der Waals surface area contributed by atoms with E-state index >= 15 is 0 Å². The van der Waals surface area contributed by atoms with Crippen LogP contribution in [-0.4, -0.2) is 29.1 Å². The summed E-state index contributed by atoms with van der Waals surface area (Å²) in [5.41, 5.74) is -0.306. The number of rotatable bonds is 5. The summed E-state index contributed by atoms with van der Waals surface area (Å²) in [6, 6.07) is 4.87. The number of carboxylic acids is 1. The number of carbonyl (C=O) groups is 1. The molecular formula is C14H17BrN2O4. The van der Waals surface area contributed by atoms with E-state index in [1.807, 2.05) is 11.8 Å². The second kappa shape index (κ2) is 6.01. The lowest BCUT2D eigenvalue weighted by molar-refractivity contribution is -0.384. The van der Waals surface area contributed by atoms with Crippen LogP contribution in [0.25, 0.3) is 0 Å². The van der Waals surface area contributed by atoms with Gasteiger partial charge < -0.3 is 10.0 Å². The van der Waals surface area contributed by atoms with E-state index in [1.54, 1.807) is 12.1 Å². The van der Waals surface area contributed by atoms with Gasteiger partial charge in [0.2, 0.25) is 0 Å². The number of anilines is 1. The Balaban J connectivity index is 2.33. The third-order valence-electron chi connectivity index (χ3n) is 4.01. The highest BCUT2D eigenvalue weighted by Crippen LogP contribution is 2.41. The zero-order valence-electron chi connectivity index (χ0n) is 11.7. The van der Waals surface area contributed by atoms with Gasteiger partial charge in [-0.2, -0.15) is 0 Å². The Morgan fingerprint density at radius 3 is 2.86 bits per heavy atom. The van der Waals surface area contributed by atoms with Gasteiger partial charge in [-0.3, -0.25) is 14.9 Å². The molecule has 1 aliphatic heterocycles. The Bertz CT molecular complexity index is 578. The van der Waals surface area contributed by atoms with Crippen LogP contribution < -0.4 is 4.90 Å². The fourth-order valence-corrected chi connectivity index (χ4v) is 3.30. The zero-order chi connectivity index (χ0) is 15.6. The van der Waals surface area contributed by atoms with E-state index in [2.05, 4.69) is 15.9 Å². The molecule has 1 aromatic rings. The van der Waals surface area contributed by atoms with Crippen molar-refractivity contribution in [3.05, 3.63) is 32.8 Å². The molecule has 1 fully saturated rings. The molecule has 1 N–H and O–H groups in total. The van der Waals surface area contributed by atoms with Crippen molar-refractivity contribution < 1.29 is 14.8 Å². The van der Waals surface area contributed by atoms with Gasteiger partial charge in [-0.05, 0) is 25.0 Å². The smallest absolute Gasteiger partial charge is 0.311 e. The summed E-state index contributed by atoms with van der Waals surface area (Å²) in [7, 11) is 0. The minimum Gasteiger partial charge on any atom is -0.481 e. The number of hydrogen-bond acceptors (Lipinski definition) is 4. The first kappa shape index (κ1) is 15.8. The van der Waals surface area contributed by atoms with Crippen LogP contribution in [0.1, 0.15) is 26.2 Å². The molecule has 0 spiro atoms. The van der Waals surface area contributed by atoms with Crippen LogP contribution in [0.2, 0.25) is 0 Å². The summed E-state index contributed by atoms with van der Waals surface area (Å²) in [5.74, 6) is -0.813. The maximum absolute atomic E-state index is 11.6. The minimum absolute atomic E-state index is 0.00191. The van der Waals surface area contributed by atoms with Gasteiger partial charge in [-0.15, -0.1) is 0 Å². The average Bonchev–Trinajstić information content (AvgIpc) is 2.84. The van der Waals surface area contributed by atoms with E-state index in [4.69, 9.17) is 0 Å². The van der Waals surface area contributed by atoms with Gasteiger partial charge in [0.15, 0.2) is 0 Å². The lowest BCUT2D eigenvalue weighted by Gasteiger charge is -2.25. The summed E-state index contributed by atoms with van der Waals surface area (Å²) in [4.78, 5) is 24.2. The van der Waals surface area contributed by atoms with Crippen LogP contribution in [0.3, 0.4) is 0 Å². The number of nitro groups is 1. The Morgan fingerprint density at radius 1 is 1.57 bits per heavy atom. The number of hydrogen-bond donors (Lipinski definition) is 1. The van der Waals surface area contributed by atoms with E-state index in [9.17, 15) is 20.0 Å². The van der Waals surface area contributed by atoms with E-state index in [-0.39, 0.29) is 5.69 Å². The second-order valence-corrected chi connectivity index (χ2v) is 6.31. The monoisotopic (exact) mass is 356 g/mol. The standard InChI is InChI=1S/C14H17BrN2O4/c1-2-5-14(13(18)19)6-7-16(9-14)11-4-3-10(15)8-12(11)17(20)21/h3-4,8H,2,5-7,9H2,1H3,(H,18,19). The van der Waals surface area contributed by atoms with Gasteiger partial charge in [0.1, 0.15) is 5.69 Å². The number of nitrogens with zero attached hydrogens (tertiary/aromatic N) is 2. The van der Waals surface area contributed by atoms with E-state index < -0.39 is 16.3 Å². The normalized spacial score (nSPS) is 21.5. The molecule has 7 heteroatoms. The van der Waals surface area contributed by atoms with Gasteiger partial charge in [0, 0.05) is 23.6 Å². The Kier molecular flexibility index (Phi) is 4.51. The maximum atomic E-state index is 11.6. The number of nitro benzene ring substituents is 1. The van der Waals surface area contributed by atoms with Gasteiger partial charge in [-0.25, -0.2) is 0 Å². The topological polar surface area (TPSA) is 83.7 Å². The van der Waals surface area contributed by atoms with Crippen molar-refractivity contribution in [3.63, 3.8) is 0 Å². The zero-order valence-corrected chi connectivity index (χ0v) is 13.3. The first-order chi connectivity index (χ1) is 9.89. The Labute approximate surface area is 131 Å². The molecule has 2 rings (SSSR count). The molecule has 1 unspecified atom stereocenters. The van der Waals surface area contributed by atoms with Crippen LogP contribution in [0.4, 0.5) is 11.4 Å². The van der Waals surface area contributed by atoms with Crippen molar-refractivity contribution in [3.8, 4) is 0 Å². The van der Waals surface area contributed by atoms with Crippen molar-refractivity contribution in [2.75, 3.05) is 18.0 Å². The van der Waals surface area contributed by atoms with Crippen LogP contribution in [0, 0.1) is 15.5 Å². The number of carboxylic acid groups (broad SMARTS) is 1. The molecule has 0 amide bonds. The van der Waals surface area contributed by atoms with Crippen molar-refractivity contribution in [1.82, 2.24) is 0 Å². The quantitative estimate of drug-likeness (QED) is 0.645. The fraction of sp³-hybridized carbons (Fsp3) is 0.500. The maximum Gasteiger partial charge on any atom is 0.311 e. The molecule has 1 heterocycles. The van der Waals surface area contributed by atoms with Crippen molar-refractivity contribution >= 4 is 33.3 Å². The highest BCUT2D eigenvalue weighted by molar-refractivity contribution is 9.10. The molecule has 21 heavy (non-hydrogen) atoms. The van der Waals surface area contributed by atoms with Crippen molar-refractivity contribution in [2.45, 2.75) is 26.2 Å². The summed E-state index contributed by atoms with van der Waals surface area (Å²) in [5, 5.41) is 20.7. The Morgan fingerprint density at radius 2 is 2.29 bits per heavy atom. The average molecular weight is 357 g/mol. The Hall–Kier alpha value is -1.63. The third kappa shape index (κ3) is 3.02. The molecule has 0 aromatic heterocycles. The predicted molar refractivity (Wildman–Crippen MR) is 82.6 cm³/mol. The molecule has 0 aliphatic carbocycles. The minimum atomic E-state index is -0.813. The van der Waals surface area contributed by atoms with E-state index in [0.29, 0.717) is 36.1 Å². The molecule has 1 aromatic carbocycles. The van der Waals surface area contributed by atoms with Crippen LogP contribution in [0.15, 0.2) is 22.7 Å². The molecule has 0 bridgehead atoms. The first-order valence-corrected chi connectivity index (χ1v) is 7.61. The van der Waals surface area contributed by atoms with Gasteiger partial charge in [0.25, 0.3) is 5.69 Å². The number of benzene rings is 1. The summed E-state index contributed by atoms with van der Waals surface area (Å²) >= 11 is 3.23. The van der Waals surface area contributed by atoms with Crippen LogP contribution in [-0.2, 0) is 4.79 Å². The third-order valence-corrected chi connectivity index (χ3v) is 4.50. The highest BCUT2D eigenvalue weighted by Gasteiger charge is 2.45. The molecule has 1 aliphatic rings.